The maximum Gasteiger partial charge on any atom is 0.258 e. The number of carbonyl (C=O) groups is 1. The molecule has 2 heterocycles. The van der Waals surface area contributed by atoms with Crippen LogP contribution in [0.4, 0.5) is 0 Å². The van der Waals surface area contributed by atoms with Gasteiger partial charge in [0.25, 0.3) is 5.91 Å². The molecule has 0 bridgehead atoms. The number of allylic oxidation sites excluding steroid dienone is 2. The second-order valence-electron chi connectivity index (χ2n) is 5.56. The summed E-state index contributed by atoms with van der Waals surface area (Å²) < 4.78 is 0. The normalized spacial score (nSPS) is 20.5. The number of rotatable bonds is 0. The first-order valence-electron chi connectivity index (χ1n) is 6.79. The standard InChI is InChI=1S/C17H19NO/c1-10-11(2)13(4)16-15(12(10)3)9-14-7-5-6-8-18(14)17(16)19/h5-8,14H,9H2,1-4H3. The molecule has 1 atom stereocenters. The second-order valence-corrected chi connectivity index (χ2v) is 5.56. The Morgan fingerprint density at radius 1 is 1.00 bits per heavy atom. The van der Waals surface area contributed by atoms with Crippen molar-refractivity contribution in [3.63, 3.8) is 0 Å². The van der Waals surface area contributed by atoms with E-state index in [4.69, 9.17) is 0 Å². The van der Waals surface area contributed by atoms with Crippen molar-refractivity contribution in [1.29, 1.82) is 0 Å². The molecule has 2 nitrogen and oxygen atoms in total. The van der Waals surface area contributed by atoms with Gasteiger partial charge in [-0.2, -0.15) is 0 Å². The Labute approximate surface area is 114 Å². The number of benzene rings is 1. The number of nitrogens with zero attached hydrogens (tertiary/aromatic N) is 1. The summed E-state index contributed by atoms with van der Waals surface area (Å²) in [5.41, 5.74) is 7.18. The molecule has 1 unspecified atom stereocenters. The van der Waals surface area contributed by atoms with Crippen LogP contribution in [0.3, 0.4) is 0 Å². The van der Waals surface area contributed by atoms with Gasteiger partial charge >= 0.3 is 0 Å². The minimum absolute atomic E-state index is 0.149. The first kappa shape index (κ1) is 12.2. The van der Waals surface area contributed by atoms with Gasteiger partial charge in [-0.1, -0.05) is 12.2 Å². The van der Waals surface area contributed by atoms with Gasteiger partial charge in [-0.3, -0.25) is 4.79 Å². The minimum atomic E-state index is 0.149. The smallest absolute Gasteiger partial charge is 0.258 e. The molecule has 3 rings (SSSR count). The van der Waals surface area contributed by atoms with Gasteiger partial charge in [0.2, 0.25) is 0 Å². The van der Waals surface area contributed by atoms with E-state index in [1.165, 1.54) is 22.3 Å². The summed E-state index contributed by atoms with van der Waals surface area (Å²) in [5.74, 6) is 0.149. The lowest BCUT2D eigenvalue weighted by Crippen LogP contribution is -2.43. The average molecular weight is 253 g/mol. The van der Waals surface area contributed by atoms with Crippen molar-refractivity contribution in [3.8, 4) is 0 Å². The summed E-state index contributed by atoms with van der Waals surface area (Å²) >= 11 is 0. The number of carbonyl (C=O) groups excluding carboxylic acids is 1. The SMILES string of the molecule is Cc1c(C)c(C)c2c(c1C)CC1C=CC=CN1C2=O. The van der Waals surface area contributed by atoms with Crippen LogP contribution in [0.1, 0.15) is 38.2 Å². The molecule has 0 saturated carbocycles. The second kappa shape index (κ2) is 4.09. The van der Waals surface area contributed by atoms with Crippen molar-refractivity contribution in [2.45, 2.75) is 40.2 Å². The van der Waals surface area contributed by atoms with Gasteiger partial charge in [0.1, 0.15) is 0 Å². The third kappa shape index (κ3) is 1.59. The van der Waals surface area contributed by atoms with Crippen molar-refractivity contribution < 1.29 is 4.79 Å². The molecule has 0 radical (unpaired) electrons. The topological polar surface area (TPSA) is 20.3 Å². The van der Waals surface area contributed by atoms with E-state index >= 15 is 0 Å². The predicted molar refractivity (Wildman–Crippen MR) is 77.3 cm³/mol. The number of hydrogen-bond acceptors (Lipinski definition) is 1. The van der Waals surface area contributed by atoms with Crippen molar-refractivity contribution in [3.05, 3.63) is 57.8 Å². The van der Waals surface area contributed by atoms with Crippen molar-refractivity contribution in [2.24, 2.45) is 0 Å². The maximum atomic E-state index is 12.7. The zero-order valence-electron chi connectivity index (χ0n) is 11.9. The van der Waals surface area contributed by atoms with Crippen LogP contribution in [0.25, 0.3) is 0 Å². The minimum Gasteiger partial charge on any atom is -0.308 e. The molecule has 2 heteroatoms. The zero-order chi connectivity index (χ0) is 13.7. The summed E-state index contributed by atoms with van der Waals surface area (Å²) in [7, 11) is 0. The van der Waals surface area contributed by atoms with Crippen LogP contribution in [0, 0.1) is 27.7 Å². The van der Waals surface area contributed by atoms with Gasteiger partial charge < -0.3 is 4.90 Å². The third-order valence-corrected chi connectivity index (χ3v) is 4.73. The van der Waals surface area contributed by atoms with E-state index in [-0.39, 0.29) is 11.9 Å². The lowest BCUT2D eigenvalue weighted by molar-refractivity contribution is 0.0770. The highest BCUT2D eigenvalue weighted by molar-refractivity contribution is 6.00. The molecule has 1 aromatic carbocycles. The summed E-state index contributed by atoms with van der Waals surface area (Å²) in [6, 6.07) is 0.185. The summed E-state index contributed by atoms with van der Waals surface area (Å²) in [6.45, 7) is 8.49. The molecule has 2 aliphatic rings. The van der Waals surface area contributed by atoms with Crippen LogP contribution in [-0.2, 0) is 6.42 Å². The first-order valence-corrected chi connectivity index (χ1v) is 6.79. The molecular weight excluding hydrogens is 234 g/mol. The van der Waals surface area contributed by atoms with E-state index in [9.17, 15) is 4.79 Å². The van der Waals surface area contributed by atoms with Crippen LogP contribution in [-0.4, -0.2) is 16.8 Å². The lowest BCUT2D eigenvalue weighted by Gasteiger charge is -2.36. The maximum absolute atomic E-state index is 12.7. The summed E-state index contributed by atoms with van der Waals surface area (Å²) in [5, 5.41) is 0. The molecule has 98 valence electrons. The van der Waals surface area contributed by atoms with Gasteiger partial charge in [-0.05, 0) is 68.0 Å². The molecule has 0 fully saturated rings. The van der Waals surface area contributed by atoms with Crippen LogP contribution in [0.5, 0.6) is 0 Å². The Bertz CT molecular complexity index is 637. The summed E-state index contributed by atoms with van der Waals surface area (Å²) in [4.78, 5) is 14.6. The lowest BCUT2D eigenvalue weighted by atomic mass is 9.82. The van der Waals surface area contributed by atoms with E-state index in [1.807, 2.05) is 23.3 Å². The van der Waals surface area contributed by atoms with Crippen molar-refractivity contribution in [1.82, 2.24) is 4.90 Å². The molecule has 0 saturated heterocycles. The number of fused-ring (bicyclic) bond motifs is 2. The fraction of sp³-hybridized carbons (Fsp3) is 0.353. The van der Waals surface area contributed by atoms with Gasteiger partial charge in [0.05, 0.1) is 6.04 Å². The van der Waals surface area contributed by atoms with Gasteiger partial charge in [0.15, 0.2) is 0 Å². The predicted octanol–water partition coefficient (Wildman–Crippen LogP) is 3.37. The zero-order valence-corrected chi connectivity index (χ0v) is 11.9. The van der Waals surface area contributed by atoms with Gasteiger partial charge in [-0.15, -0.1) is 0 Å². The third-order valence-electron chi connectivity index (χ3n) is 4.73. The van der Waals surface area contributed by atoms with Crippen molar-refractivity contribution in [2.75, 3.05) is 0 Å². The Morgan fingerprint density at radius 3 is 2.42 bits per heavy atom. The monoisotopic (exact) mass is 253 g/mol. The Balaban J connectivity index is 2.26. The molecule has 0 N–H and O–H groups in total. The van der Waals surface area contributed by atoms with E-state index < -0.39 is 0 Å². The van der Waals surface area contributed by atoms with Gasteiger partial charge in [0, 0.05) is 11.8 Å². The van der Waals surface area contributed by atoms with Gasteiger partial charge in [-0.25, -0.2) is 0 Å². The number of amides is 1. The number of hydrogen-bond donors (Lipinski definition) is 0. The van der Waals surface area contributed by atoms with E-state index in [0.717, 1.165) is 17.5 Å². The molecule has 0 spiro atoms. The van der Waals surface area contributed by atoms with E-state index in [0.29, 0.717) is 0 Å². The quantitative estimate of drug-likeness (QED) is 0.694. The molecule has 0 aromatic heterocycles. The Morgan fingerprint density at radius 2 is 1.68 bits per heavy atom. The van der Waals surface area contributed by atoms with Crippen molar-refractivity contribution >= 4 is 5.91 Å². The highest BCUT2D eigenvalue weighted by Crippen LogP contribution is 2.34. The van der Waals surface area contributed by atoms with Crippen LogP contribution in [0.15, 0.2) is 24.4 Å². The fourth-order valence-corrected chi connectivity index (χ4v) is 3.20. The first-order chi connectivity index (χ1) is 9.02. The largest absolute Gasteiger partial charge is 0.308 e. The molecule has 1 amide bonds. The Kier molecular flexibility index (Phi) is 2.63. The van der Waals surface area contributed by atoms with Crippen LogP contribution < -0.4 is 0 Å². The molecular formula is C17H19NO. The van der Waals surface area contributed by atoms with Crippen LogP contribution >= 0.6 is 0 Å². The van der Waals surface area contributed by atoms with Crippen LogP contribution in [0.2, 0.25) is 0 Å². The average Bonchev–Trinajstić information content (AvgIpc) is 2.43. The fourth-order valence-electron chi connectivity index (χ4n) is 3.20. The van der Waals surface area contributed by atoms with E-state index in [2.05, 4.69) is 33.8 Å². The molecule has 0 aliphatic carbocycles. The highest BCUT2D eigenvalue weighted by Gasteiger charge is 2.33. The summed E-state index contributed by atoms with van der Waals surface area (Å²) in [6.07, 6.45) is 8.91. The highest BCUT2D eigenvalue weighted by atomic mass is 16.2. The molecule has 2 aliphatic heterocycles. The molecule has 1 aromatic rings. The Hall–Kier alpha value is -1.83. The molecule has 19 heavy (non-hydrogen) atoms. The van der Waals surface area contributed by atoms with E-state index in [1.54, 1.807) is 0 Å².